The minimum absolute atomic E-state index is 0.326. The number of nitrogens with one attached hydrogen (secondary N) is 3. The SMILES string of the molecule is Cc1ccc(-c2ccnc3[nH]c(-c4n[nH]c5ccc(-c6cncc(NC(C)C)c6)nc45)cc23)s1. The van der Waals surface area contributed by atoms with Crippen molar-refractivity contribution in [2.75, 3.05) is 5.32 Å². The van der Waals surface area contributed by atoms with Gasteiger partial charge in [-0.1, -0.05) is 0 Å². The van der Waals surface area contributed by atoms with E-state index in [1.807, 2.05) is 30.7 Å². The summed E-state index contributed by atoms with van der Waals surface area (Å²) in [5, 5.41) is 12.2. The first-order valence-corrected chi connectivity index (χ1v) is 12.0. The van der Waals surface area contributed by atoms with E-state index in [1.54, 1.807) is 11.3 Å². The van der Waals surface area contributed by atoms with Crippen molar-refractivity contribution in [1.29, 1.82) is 0 Å². The van der Waals surface area contributed by atoms with Gasteiger partial charge in [0.1, 0.15) is 16.9 Å². The molecule has 0 saturated heterocycles. The maximum atomic E-state index is 4.96. The highest BCUT2D eigenvalue weighted by molar-refractivity contribution is 7.15. The van der Waals surface area contributed by atoms with Crippen molar-refractivity contribution in [1.82, 2.24) is 30.1 Å². The Morgan fingerprint density at radius 3 is 2.76 bits per heavy atom. The lowest BCUT2D eigenvalue weighted by molar-refractivity contribution is 0.898. The van der Waals surface area contributed by atoms with E-state index < -0.39 is 0 Å². The quantitative estimate of drug-likeness (QED) is 0.273. The Morgan fingerprint density at radius 2 is 1.94 bits per heavy atom. The molecule has 6 aromatic heterocycles. The van der Waals surface area contributed by atoms with Gasteiger partial charge in [-0.05, 0) is 63.2 Å². The molecule has 0 spiro atoms. The summed E-state index contributed by atoms with van der Waals surface area (Å²) in [6.45, 7) is 6.34. The maximum absolute atomic E-state index is 4.96. The van der Waals surface area contributed by atoms with Crippen LogP contribution >= 0.6 is 11.3 Å². The van der Waals surface area contributed by atoms with Gasteiger partial charge in [-0.25, -0.2) is 9.97 Å². The first kappa shape index (κ1) is 20.6. The number of pyridine rings is 3. The number of hydrogen-bond acceptors (Lipinski definition) is 6. The van der Waals surface area contributed by atoms with E-state index in [0.717, 1.165) is 50.4 Å². The molecule has 0 unspecified atom stereocenters. The van der Waals surface area contributed by atoms with Crippen LogP contribution in [0.15, 0.2) is 61.1 Å². The van der Waals surface area contributed by atoms with Crippen molar-refractivity contribution in [3.05, 3.63) is 65.9 Å². The van der Waals surface area contributed by atoms with Gasteiger partial charge in [0.25, 0.3) is 0 Å². The molecule has 0 bridgehead atoms. The number of nitrogens with zero attached hydrogens (tertiary/aromatic N) is 4. The van der Waals surface area contributed by atoms with Crippen molar-refractivity contribution in [3.8, 4) is 33.1 Å². The van der Waals surface area contributed by atoms with E-state index in [2.05, 4.69) is 81.6 Å². The van der Waals surface area contributed by atoms with E-state index in [0.29, 0.717) is 6.04 Å². The zero-order chi connectivity index (χ0) is 23.2. The fraction of sp³-hybridized carbons (Fsp3) is 0.154. The van der Waals surface area contributed by atoms with Crippen LogP contribution in [-0.4, -0.2) is 36.2 Å². The summed E-state index contributed by atoms with van der Waals surface area (Å²) in [6.07, 6.45) is 5.51. The molecule has 6 aromatic rings. The van der Waals surface area contributed by atoms with E-state index in [9.17, 15) is 0 Å². The Kier molecular flexibility index (Phi) is 4.88. The van der Waals surface area contributed by atoms with Crippen LogP contribution in [0.4, 0.5) is 5.69 Å². The zero-order valence-electron chi connectivity index (χ0n) is 19.0. The fourth-order valence-electron chi connectivity index (χ4n) is 4.19. The Hall–Kier alpha value is -4.04. The lowest BCUT2D eigenvalue weighted by atomic mass is 10.1. The predicted octanol–water partition coefficient (Wildman–Crippen LogP) is 6.42. The molecular formula is C26H23N7S. The number of anilines is 1. The van der Waals surface area contributed by atoms with Crippen LogP contribution in [0, 0.1) is 6.92 Å². The third-order valence-electron chi connectivity index (χ3n) is 5.69. The number of hydrogen-bond donors (Lipinski definition) is 3. The second kappa shape index (κ2) is 8.07. The van der Waals surface area contributed by atoms with Crippen LogP contribution in [0.2, 0.25) is 0 Å². The molecule has 168 valence electrons. The summed E-state index contributed by atoms with van der Waals surface area (Å²) < 4.78 is 0. The molecule has 34 heavy (non-hydrogen) atoms. The van der Waals surface area contributed by atoms with Gasteiger partial charge in [0.2, 0.25) is 0 Å². The minimum Gasteiger partial charge on any atom is -0.382 e. The first-order valence-electron chi connectivity index (χ1n) is 11.2. The molecule has 0 radical (unpaired) electrons. The molecule has 0 aliphatic heterocycles. The number of aromatic nitrogens is 6. The van der Waals surface area contributed by atoms with Crippen molar-refractivity contribution in [2.45, 2.75) is 26.8 Å². The second-order valence-electron chi connectivity index (χ2n) is 8.64. The number of aryl methyl sites for hydroxylation is 1. The Bertz CT molecular complexity index is 1640. The highest BCUT2D eigenvalue weighted by Crippen LogP contribution is 2.36. The summed E-state index contributed by atoms with van der Waals surface area (Å²) in [4.78, 5) is 19.9. The minimum atomic E-state index is 0.326. The summed E-state index contributed by atoms with van der Waals surface area (Å²) >= 11 is 1.78. The summed E-state index contributed by atoms with van der Waals surface area (Å²) in [5.74, 6) is 0. The molecule has 0 aliphatic carbocycles. The Morgan fingerprint density at radius 1 is 1.03 bits per heavy atom. The molecule has 7 nitrogen and oxygen atoms in total. The lowest BCUT2D eigenvalue weighted by Gasteiger charge is -2.10. The monoisotopic (exact) mass is 465 g/mol. The van der Waals surface area contributed by atoms with Crippen LogP contribution in [0.1, 0.15) is 18.7 Å². The van der Waals surface area contributed by atoms with Crippen LogP contribution in [-0.2, 0) is 0 Å². The average molecular weight is 466 g/mol. The van der Waals surface area contributed by atoms with Crippen LogP contribution in [0.5, 0.6) is 0 Å². The van der Waals surface area contributed by atoms with Gasteiger partial charge in [-0.2, -0.15) is 5.10 Å². The van der Waals surface area contributed by atoms with Gasteiger partial charge in [0.15, 0.2) is 0 Å². The predicted molar refractivity (Wildman–Crippen MR) is 139 cm³/mol. The fourth-order valence-corrected chi connectivity index (χ4v) is 5.10. The molecule has 0 aromatic carbocycles. The van der Waals surface area contributed by atoms with Gasteiger partial charge in [0.05, 0.1) is 22.6 Å². The third kappa shape index (κ3) is 3.62. The van der Waals surface area contributed by atoms with Crippen LogP contribution in [0.3, 0.4) is 0 Å². The molecule has 0 saturated carbocycles. The van der Waals surface area contributed by atoms with Gasteiger partial charge in [-0.15, -0.1) is 11.3 Å². The molecule has 8 heteroatoms. The van der Waals surface area contributed by atoms with Gasteiger partial charge in [-0.3, -0.25) is 10.1 Å². The van der Waals surface area contributed by atoms with Crippen molar-refractivity contribution in [3.63, 3.8) is 0 Å². The average Bonchev–Trinajstić information content (AvgIpc) is 3.55. The van der Waals surface area contributed by atoms with Crippen LogP contribution in [0.25, 0.3) is 55.2 Å². The smallest absolute Gasteiger partial charge is 0.138 e. The van der Waals surface area contributed by atoms with Crippen molar-refractivity contribution >= 4 is 39.1 Å². The molecule has 6 rings (SSSR count). The highest BCUT2D eigenvalue weighted by atomic mass is 32.1. The summed E-state index contributed by atoms with van der Waals surface area (Å²) in [6, 6.07) is 14.9. The lowest BCUT2D eigenvalue weighted by Crippen LogP contribution is -2.09. The molecule has 6 heterocycles. The standard InChI is InChI=1S/C26H23N7S/c1-14(2)29-17-10-16(12-27-13-17)20-5-6-21-24(30-20)25(33-32-21)22-11-19-18(8-9-28-26(19)31-22)23-7-4-15(3)34-23/h4-14,29H,1-3H3,(H,28,31)(H,32,33). The topological polar surface area (TPSA) is 95.2 Å². The van der Waals surface area contributed by atoms with E-state index >= 15 is 0 Å². The van der Waals surface area contributed by atoms with Gasteiger partial charge < -0.3 is 10.3 Å². The maximum Gasteiger partial charge on any atom is 0.138 e. The zero-order valence-corrected chi connectivity index (χ0v) is 19.9. The Labute approximate surface area is 200 Å². The first-order chi connectivity index (χ1) is 16.5. The summed E-state index contributed by atoms with van der Waals surface area (Å²) in [5.41, 5.74) is 8.11. The number of fused-ring (bicyclic) bond motifs is 2. The number of H-pyrrole nitrogens is 2. The molecule has 0 atom stereocenters. The van der Waals surface area contributed by atoms with Crippen molar-refractivity contribution < 1.29 is 0 Å². The Balaban J connectivity index is 1.45. The number of aromatic amines is 2. The van der Waals surface area contributed by atoms with Crippen molar-refractivity contribution in [2.24, 2.45) is 0 Å². The van der Waals surface area contributed by atoms with E-state index in [1.165, 1.54) is 15.3 Å². The number of thiophene rings is 1. The molecule has 0 aliphatic rings. The normalized spacial score (nSPS) is 11.6. The van der Waals surface area contributed by atoms with E-state index in [4.69, 9.17) is 4.98 Å². The molecule has 3 N–H and O–H groups in total. The second-order valence-corrected chi connectivity index (χ2v) is 9.93. The van der Waals surface area contributed by atoms with Gasteiger partial charge >= 0.3 is 0 Å². The van der Waals surface area contributed by atoms with E-state index in [-0.39, 0.29) is 0 Å². The highest BCUT2D eigenvalue weighted by Gasteiger charge is 2.16. The number of rotatable bonds is 5. The molecule has 0 amide bonds. The molecule has 0 fully saturated rings. The summed E-state index contributed by atoms with van der Waals surface area (Å²) in [7, 11) is 0. The third-order valence-corrected chi connectivity index (χ3v) is 6.72. The molecular weight excluding hydrogens is 442 g/mol. The van der Waals surface area contributed by atoms with Gasteiger partial charge in [0, 0.05) is 50.9 Å². The van der Waals surface area contributed by atoms with Crippen LogP contribution < -0.4 is 5.32 Å². The largest absolute Gasteiger partial charge is 0.382 e.